The zero-order chi connectivity index (χ0) is 20.0. The first-order valence-electron chi connectivity index (χ1n) is 7.92. The molecule has 0 rings (SSSR count). The molecule has 1 atom stereocenters. The molecular formula is C16H31F3O4Si. The smallest absolute Gasteiger partial charge is 0.404 e. The number of alkyl halides is 3. The van der Waals surface area contributed by atoms with Crippen LogP contribution >= 0.6 is 0 Å². The van der Waals surface area contributed by atoms with E-state index in [0.29, 0.717) is 13.2 Å². The molecule has 0 amide bonds. The van der Waals surface area contributed by atoms with Crippen LogP contribution in [0.5, 0.6) is 0 Å². The van der Waals surface area contributed by atoms with Gasteiger partial charge in [0.05, 0.1) is 19.7 Å². The summed E-state index contributed by atoms with van der Waals surface area (Å²) in [6.45, 7) is 14.3. The van der Waals surface area contributed by atoms with Crippen LogP contribution in [-0.4, -0.2) is 37.5 Å². The van der Waals surface area contributed by atoms with Crippen LogP contribution in [0.25, 0.3) is 0 Å². The van der Waals surface area contributed by atoms with E-state index in [1.54, 1.807) is 0 Å². The summed E-state index contributed by atoms with van der Waals surface area (Å²) in [5, 5.41) is 8.25. The molecule has 0 aliphatic rings. The minimum Gasteiger partial charge on any atom is -0.481 e. The molecule has 0 aliphatic carbocycles. The van der Waals surface area contributed by atoms with E-state index in [9.17, 15) is 22.8 Å². The van der Waals surface area contributed by atoms with E-state index < -0.39 is 32.1 Å². The van der Waals surface area contributed by atoms with Crippen molar-refractivity contribution in [3.8, 4) is 0 Å². The zero-order valence-corrected chi connectivity index (χ0v) is 16.9. The quantitative estimate of drug-likeness (QED) is 0.532. The molecule has 1 unspecified atom stereocenters. The van der Waals surface area contributed by atoms with Crippen LogP contribution in [0.15, 0.2) is 0 Å². The predicted octanol–water partition coefficient (Wildman–Crippen LogP) is 4.89. The lowest BCUT2D eigenvalue weighted by atomic mass is 9.87. The van der Waals surface area contributed by atoms with E-state index in [1.165, 1.54) is 6.92 Å². The van der Waals surface area contributed by atoms with E-state index in [2.05, 4.69) is 19.6 Å². The fraction of sp³-hybridized carbons (Fsp3) is 0.875. The second kappa shape index (κ2) is 8.87. The van der Waals surface area contributed by atoms with E-state index >= 15 is 0 Å². The minimum absolute atomic E-state index is 0.0579. The number of esters is 1. The van der Waals surface area contributed by atoms with E-state index in [-0.39, 0.29) is 11.4 Å². The van der Waals surface area contributed by atoms with Crippen molar-refractivity contribution < 1.29 is 32.6 Å². The third-order valence-electron chi connectivity index (χ3n) is 3.88. The largest absolute Gasteiger partial charge is 0.481 e. The summed E-state index contributed by atoms with van der Waals surface area (Å²) in [5.74, 6) is -1.88. The normalized spacial score (nSPS) is 15.0. The van der Waals surface area contributed by atoms with Crippen LogP contribution < -0.4 is 0 Å². The van der Waals surface area contributed by atoms with Crippen molar-refractivity contribution in [3.05, 3.63) is 0 Å². The highest BCUT2D eigenvalue weighted by atomic mass is 28.3. The average Bonchev–Trinajstić information content (AvgIpc) is 2.41. The Kier molecular flexibility index (Phi) is 9.31. The fourth-order valence-electron chi connectivity index (χ4n) is 1.09. The predicted molar refractivity (Wildman–Crippen MR) is 90.5 cm³/mol. The molecule has 0 aromatic heterocycles. The Labute approximate surface area is 143 Å². The van der Waals surface area contributed by atoms with Crippen molar-refractivity contribution in [2.75, 3.05) is 6.23 Å². The summed E-state index contributed by atoms with van der Waals surface area (Å²) in [7, 11) is -1.25. The molecule has 24 heavy (non-hydrogen) atoms. The van der Waals surface area contributed by atoms with Gasteiger partial charge in [0.25, 0.3) is 0 Å². The van der Waals surface area contributed by atoms with E-state index in [0.717, 1.165) is 6.42 Å². The number of aliphatic carboxylic acids is 1. The van der Waals surface area contributed by atoms with Gasteiger partial charge in [-0.15, -0.1) is 0 Å². The maximum absolute atomic E-state index is 12.0. The lowest BCUT2D eigenvalue weighted by Crippen LogP contribution is -2.41. The van der Waals surface area contributed by atoms with Gasteiger partial charge in [0.15, 0.2) is 5.41 Å². The van der Waals surface area contributed by atoms with Crippen LogP contribution in [0.1, 0.15) is 47.5 Å². The summed E-state index contributed by atoms with van der Waals surface area (Å²) in [6, 6.07) is 0. The number of hydrogen-bond acceptors (Lipinski definition) is 3. The fourth-order valence-corrected chi connectivity index (χ4v) is 1.66. The van der Waals surface area contributed by atoms with Crippen molar-refractivity contribution in [1.82, 2.24) is 0 Å². The van der Waals surface area contributed by atoms with Crippen molar-refractivity contribution in [2.45, 2.75) is 73.3 Å². The van der Waals surface area contributed by atoms with Gasteiger partial charge in [-0.25, -0.2) is 0 Å². The van der Waals surface area contributed by atoms with Gasteiger partial charge in [-0.3, -0.25) is 9.59 Å². The third-order valence-corrected chi connectivity index (χ3v) is 4.89. The number of carbonyl (C=O) groups is 2. The Hall–Kier alpha value is -1.05. The summed E-state index contributed by atoms with van der Waals surface area (Å²) in [6.07, 6.45) is -3.66. The number of carboxylic acids is 1. The maximum Gasteiger partial charge on any atom is 0.404 e. The second-order valence-corrected chi connectivity index (χ2v) is 13.3. The molecule has 0 saturated carbocycles. The SMILES string of the molecule is CCC(C)(C(=O)O)C(F)(F)F.CCC(C)(C)C(=O)OC[Si](C)(C)C. The van der Waals surface area contributed by atoms with Gasteiger partial charge >= 0.3 is 18.1 Å². The van der Waals surface area contributed by atoms with Crippen molar-refractivity contribution in [3.63, 3.8) is 0 Å². The van der Waals surface area contributed by atoms with E-state index in [1.807, 2.05) is 20.8 Å². The zero-order valence-electron chi connectivity index (χ0n) is 15.9. The molecule has 0 saturated heterocycles. The number of carbonyl (C=O) groups excluding carboxylic acids is 1. The Bertz CT molecular complexity index is 428. The highest BCUT2D eigenvalue weighted by molar-refractivity contribution is 6.76. The summed E-state index contributed by atoms with van der Waals surface area (Å²) in [4.78, 5) is 21.7. The Morgan fingerprint density at radius 1 is 1.00 bits per heavy atom. The second-order valence-electron chi connectivity index (χ2n) is 7.86. The molecule has 144 valence electrons. The highest BCUT2D eigenvalue weighted by Crippen LogP contribution is 2.40. The number of rotatable bonds is 6. The molecule has 8 heteroatoms. The monoisotopic (exact) mass is 372 g/mol. The molecule has 0 bridgehead atoms. The molecular weight excluding hydrogens is 341 g/mol. The molecule has 0 spiro atoms. The van der Waals surface area contributed by atoms with Gasteiger partial charge in [-0.1, -0.05) is 33.5 Å². The van der Waals surface area contributed by atoms with Crippen LogP contribution in [0.3, 0.4) is 0 Å². The number of carboxylic acid groups (broad SMARTS) is 1. The molecule has 0 radical (unpaired) electrons. The molecule has 0 aliphatic heterocycles. The standard InChI is InChI=1S/C10H22O2Si.C6H9F3O2/c1-7-10(2,3)9(11)12-8-13(4,5)6;1-3-5(2,4(10)11)6(7,8)9/h7-8H2,1-6H3;3H2,1-2H3,(H,10,11). The first kappa shape index (κ1) is 25.2. The molecule has 0 aromatic rings. The lowest BCUT2D eigenvalue weighted by molar-refractivity contribution is -0.227. The summed E-state index contributed by atoms with van der Waals surface area (Å²) < 4.78 is 41.2. The van der Waals surface area contributed by atoms with Gasteiger partial charge < -0.3 is 9.84 Å². The molecule has 0 fully saturated rings. The molecule has 4 nitrogen and oxygen atoms in total. The van der Waals surface area contributed by atoms with Crippen molar-refractivity contribution in [2.24, 2.45) is 10.8 Å². The van der Waals surface area contributed by atoms with Crippen LogP contribution in [0, 0.1) is 10.8 Å². The molecule has 0 heterocycles. The Morgan fingerprint density at radius 2 is 1.42 bits per heavy atom. The van der Waals surface area contributed by atoms with Crippen molar-refractivity contribution in [1.29, 1.82) is 0 Å². The van der Waals surface area contributed by atoms with Crippen LogP contribution in [0.2, 0.25) is 19.6 Å². The third kappa shape index (κ3) is 8.17. The average molecular weight is 373 g/mol. The Morgan fingerprint density at radius 3 is 1.58 bits per heavy atom. The topological polar surface area (TPSA) is 63.6 Å². The number of ether oxygens (including phenoxy) is 1. The van der Waals surface area contributed by atoms with Gasteiger partial charge in [0, 0.05) is 0 Å². The maximum atomic E-state index is 12.0. The Balaban J connectivity index is 0. The first-order valence-corrected chi connectivity index (χ1v) is 11.6. The van der Waals surface area contributed by atoms with Gasteiger partial charge in [0.2, 0.25) is 0 Å². The van der Waals surface area contributed by atoms with Gasteiger partial charge in [0.1, 0.15) is 0 Å². The van der Waals surface area contributed by atoms with Crippen LogP contribution in [0.4, 0.5) is 13.2 Å². The number of hydrogen-bond donors (Lipinski definition) is 1. The van der Waals surface area contributed by atoms with Gasteiger partial charge in [-0.2, -0.15) is 13.2 Å². The van der Waals surface area contributed by atoms with E-state index in [4.69, 9.17) is 9.84 Å². The van der Waals surface area contributed by atoms with Crippen molar-refractivity contribution >= 4 is 20.0 Å². The first-order chi connectivity index (χ1) is 10.4. The lowest BCUT2D eigenvalue weighted by Gasteiger charge is -2.25. The summed E-state index contributed by atoms with van der Waals surface area (Å²) in [5.41, 5.74) is -2.92. The summed E-state index contributed by atoms with van der Waals surface area (Å²) >= 11 is 0. The minimum atomic E-state index is -4.67. The van der Waals surface area contributed by atoms with Crippen LogP contribution in [-0.2, 0) is 14.3 Å². The molecule has 1 N–H and O–H groups in total. The number of halogens is 3. The van der Waals surface area contributed by atoms with Gasteiger partial charge in [-0.05, 0) is 33.6 Å². The highest BCUT2D eigenvalue weighted by Gasteiger charge is 2.55. The molecule has 0 aromatic carbocycles.